The molecule has 2 nitrogen and oxygen atoms in total. The number of hydrogen-bond donors (Lipinski definition) is 1. The number of aromatic nitrogens is 1. The van der Waals surface area contributed by atoms with Gasteiger partial charge in [-0.05, 0) is 32.4 Å². The molecule has 0 radical (unpaired) electrons. The number of thiazole rings is 1. The molecular formula is C15H17F3N2S. The van der Waals surface area contributed by atoms with E-state index < -0.39 is 11.7 Å². The zero-order valence-electron chi connectivity index (χ0n) is 12.1. The summed E-state index contributed by atoms with van der Waals surface area (Å²) in [5.74, 6) is 0. The Morgan fingerprint density at radius 3 is 2.48 bits per heavy atom. The number of aryl methyl sites for hydroxylation is 2. The molecule has 0 aliphatic carbocycles. The Bertz CT molecular complexity index is 620. The highest BCUT2D eigenvalue weighted by molar-refractivity contribution is 7.11. The van der Waals surface area contributed by atoms with Crippen molar-refractivity contribution in [1.29, 1.82) is 0 Å². The van der Waals surface area contributed by atoms with E-state index in [1.807, 2.05) is 20.8 Å². The zero-order chi connectivity index (χ0) is 15.6. The standard InChI is InChI=1S/C15H17F3N2S/c1-9(14-10(2)20-11(3)21-14)19-8-12-6-4-5-7-13(12)15(16,17)18/h4-7,9,19H,8H2,1-3H3. The van der Waals surface area contributed by atoms with Crippen LogP contribution in [0.3, 0.4) is 0 Å². The molecule has 0 aliphatic heterocycles. The summed E-state index contributed by atoms with van der Waals surface area (Å²) in [6.45, 7) is 5.96. The predicted octanol–water partition coefficient (Wildman–Crippen LogP) is 4.63. The Kier molecular flexibility index (Phi) is 4.68. The second-order valence-corrected chi connectivity index (χ2v) is 6.17. The summed E-state index contributed by atoms with van der Waals surface area (Å²) in [5, 5.41) is 4.12. The molecule has 0 bridgehead atoms. The van der Waals surface area contributed by atoms with Gasteiger partial charge in [0.05, 0.1) is 16.3 Å². The maximum Gasteiger partial charge on any atom is 0.416 e. The van der Waals surface area contributed by atoms with Gasteiger partial charge in [-0.25, -0.2) is 4.98 Å². The number of hydrogen-bond acceptors (Lipinski definition) is 3. The van der Waals surface area contributed by atoms with Crippen molar-refractivity contribution in [1.82, 2.24) is 10.3 Å². The molecule has 21 heavy (non-hydrogen) atoms. The molecule has 2 aromatic rings. The van der Waals surface area contributed by atoms with Crippen LogP contribution >= 0.6 is 11.3 Å². The van der Waals surface area contributed by atoms with E-state index in [0.717, 1.165) is 21.6 Å². The van der Waals surface area contributed by atoms with Crippen LogP contribution < -0.4 is 5.32 Å². The van der Waals surface area contributed by atoms with E-state index in [4.69, 9.17) is 0 Å². The summed E-state index contributed by atoms with van der Waals surface area (Å²) in [5.41, 5.74) is 0.610. The lowest BCUT2D eigenvalue weighted by atomic mass is 10.1. The van der Waals surface area contributed by atoms with Gasteiger partial charge in [-0.1, -0.05) is 18.2 Å². The zero-order valence-corrected chi connectivity index (χ0v) is 12.9. The van der Waals surface area contributed by atoms with Crippen molar-refractivity contribution in [2.24, 2.45) is 0 Å². The largest absolute Gasteiger partial charge is 0.416 e. The van der Waals surface area contributed by atoms with E-state index in [1.54, 1.807) is 17.4 Å². The van der Waals surface area contributed by atoms with Crippen LogP contribution in [0.15, 0.2) is 24.3 Å². The van der Waals surface area contributed by atoms with Gasteiger partial charge in [0.15, 0.2) is 0 Å². The number of nitrogens with zero attached hydrogens (tertiary/aromatic N) is 1. The number of nitrogens with one attached hydrogen (secondary N) is 1. The Labute approximate surface area is 126 Å². The van der Waals surface area contributed by atoms with Crippen molar-refractivity contribution in [3.8, 4) is 0 Å². The summed E-state index contributed by atoms with van der Waals surface area (Å²) >= 11 is 1.57. The van der Waals surface area contributed by atoms with Crippen molar-refractivity contribution in [3.05, 3.63) is 51.0 Å². The van der Waals surface area contributed by atoms with Gasteiger partial charge in [-0.15, -0.1) is 11.3 Å². The van der Waals surface area contributed by atoms with Gasteiger partial charge >= 0.3 is 6.18 Å². The number of alkyl halides is 3. The Hall–Kier alpha value is -1.40. The minimum atomic E-state index is -4.32. The minimum Gasteiger partial charge on any atom is -0.305 e. The molecular weight excluding hydrogens is 297 g/mol. The minimum absolute atomic E-state index is 0.0301. The summed E-state index contributed by atoms with van der Waals surface area (Å²) in [4.78, 5) is 5.41. The van der Waals surface area contributed by atoms with Crippen LogP contribution in [0.4, 0.5) is 13.2 Å². The fourth-order valence-corrected chi connectivity index (χ4v) is 3.21. The molecule has 1 unspecified atom stereocenters. The monoisotopic (exact) mass is 314 g/mol. The van der Waals surface area contributed by atoms with E-state index in [9.17, 15) is 13.2 Å². The third kappa shape index (κ3) is 3.83. The normalized spacial score (nSPS) is 13.4. The molecule has 6 heteroatoms. The molecule has 0 amide bonds. The van der Waals surface area contributed by atoms with Gasteiger partial charge in [0, 0.05) is 17.5 Å². The van der Waals surface area contributed by atoms with Gasteiger partial charge in [0.2, 0.25) is 0 Å². The van der Waals surface area contributed by atoms with Crippen LogP contribution in [0.5, 0.6) is 0 Å². The first kappa shape index (κ1) is 16.0. The summed E-state index contributed by atoms with van der Waals surface area (Å²) in [7, 11) is 0. The number of benzene rings is 1. The Morgan fingerprint density at radius 2 is 1.90 bits per heavy atom. The van der Waals surface area contributed by atoms with E-state index in [-0.39, 0.29) is 18.2 Å². The third-order valence-corrected chi connectivity index (χ3v) is 4.51. The lowest BCUT2D eigenvalue weighted by Crippen LogP contribution is -2.20. The maximum atomic E-state index is 12.9. The lowest BCUT2D eigenvalue weighted by Gasteiger charge is -2.16. The topological polar surface area (TPSA) is 24.9 Å². The van der Waals surface area contributed by atoms with E-state index >= 15 is 0 Å². The molecule has 0 fully saturated rings. The van der Waals surface area contributed by atoms with Crippen LogP contribution in [-0.4, -0.2) is 4.98 Å². The van der Waals surface area contributed by atoms with Gasteiger partial charge in [-0.3, -0.25) is 0 Å². The average molecular weight is 314 g/mol. The van der Waals surface area contributed by atoms with Crippen molar-refractivity contribution >= 4 is 11.3 Å². The number of rotatable bonds is 4. The molecule has 0 spiro atoms. The lowest BCUT2D eigenvalue weighted by molar-refractivity contribution is -0.138. The van der Waals surface area contributed by atoms with Crippen LogP contribution in [0.2, 0.25) is 0 Å². The first-order chi connectivity index (χ1) is 9.79. The summed E-state index contributed by atoms with van der Waals surface area (Å²) in [6.07, 6.45) is -4.32. The molecule has 0 saturated carbocycles. The highest BCUT2D eigenvalue weighted by Gasteiger charge is 2.32. The first-order valence-corrected chi connectivity index (χ1v) is 7.43. The van der Waals surface area contributed by atoms with Crippen LogP contribution in [-0.2, 0) is 12.7 Å². The molecule has 114 valence electrons. The fourth-order valence-electron chi connectivity index (χ4n) is 2.26. The second kappa shape index (κ2) is 6.15. The first-order valence-electron chi connectivity index (χ1n) is 6.61. The highest BCUT2D eigenvalue weighted by atomic mass is 32.1. The summed E-state index contributed by atoms with van der Waals surface area (Å²) < 4.78 is 38.8. The van der Waals surface area contributed by atoms with Crippen LogP contribution in [0.1, 0.15) is 39.7 Å². The van der Waals surface area contributed by atoms with Gasteiger partial charge < -0.3 is 5.32 Å². The molecule has 1 aromatic heterocycles. The average Bonchev–Trinajstić information content (AvgIpc) is 2.74. The van der Waals surface area contributed by atoms with Gasteiger partial charge in [0.1, 0.15) is 0 Å². The fraction of sp³-hybridized carbons (Fsp3) is 0.400. The third-order valence-electron chi connectivity index (χ3n) is 3.25. The van der Waals surface area contributed by atoms with Gasteiger partial charge in [-0.2, -0.15) is 13.2 Å². The van der Waals surface area contributed by atoms with Crippen molar-refractivity contribution in [2.45, 2.75) is 39.5 Å². The van der Waals surface area contributed by atoms with Crippen molar-refractivity contribution in [2.75, 3.05) is 0 Å². The van der Waals surface area contributed by atoms with Crippen LogP contribution in [0.25, 0.3) is 0 Å². The number of halogens is 3. The van der Waals surface area contributed by atoms with E-state index in [0.29, 0.717) is 0 Å². The SMILES string of the molecule is Cc1nc(C)c(C(C)NCc2ccccc2C(F)(F)F)s1. The van der Waals surface area contributed by atoms with E-state index in [1.165, 1.54) is 12.1 Å². The quantitative estimate of drug-likeness (QED) is 0.890. The maximum absolute atomic E-state index is 12.9. The smallest absolute Gasteiger partial charge is 0.305 e. The Morgan fingerprint density at radius 1 is 1.24 bits per heavy atom. The molecule has 1 aromatic carbocycles. The van der Waals surface area contributed by atoms with Crippen LogP contribution in [0, 0.1) is 13.8 Å². The van der Waals surface area contributed by atoms with E-state index in [2.05, 4.69) is 10.3 Å². The molecule has 0 aliphatic rings. The molecule has 1 N–H and O–H groups in total. The molecule has 0 saturated heterocycles. The highest BCUT2D eigenvalue weighted by Crippen LogP contribution is 2.32. The Balaban J connectivity index is 2.12. The van der Waals surface area contributed by atoms with Crippen molar-refractivity contribution in [3.63, 3.8) is 0 Å². The molecule has 1 atom stereocenters. The second-order valence-electron chi connectivity index (χ2n) is 4.94. The summed E-state index contributed by atoms with van der Waals surface area (Å²) in [6, 6.07) is 5.63. The van der Waals surface area contributed by atoms with Crippen molar-refractivity contribution < 1.29 is 13.2 Å². The molecule has 2 rings (SSSR count). The predicted molar refractivity (Wildman–Crippen MR) is 78.3 cm³/mol. The van der Waals surface area contributed by atoms with Gasteiger partial charge in [0.25, 0.3) is 0 Å². The molecule has 1 heterocycles.